The highest BCUT2D eigenvalue weighted by molar-refractivity contribution is 5.83. The number of ether oxygens (including phenoxy) is 1. The van der Waals surface area contributed by atoms with Gasteiger partial charge in [-0.15, -0.1) is 0 Å². The zero-order valence-electron chi connectivity index (χ0n) is 15.5. The van der Waals surface area contributed by atoms with Crippen LogP contribution < -0.4 is 15.6 Å². The normalized spacial score (nSPS) is 12.9. The maximum atomic E-state index is 12.2. The summed E-state index contributed by atoms with van der Waals surface area (Å²) in [5, 5.41) is 15.9. The van der Waals surface area contributed by atoms with Crippen molar-refractivity contribution >= 4 is 11.9 Å². The van der Waals surface area contributed by atoms with E-state index in [0.29, 0.717) is 17.9 Å². The van der Waals surface area contributed by atoms with Gasteiger partial charge in [0.1, 0.15) is 18.3 Å². The Hall–Kier alpha value is -3.16. The van der Waals surface area contributed by atoms with Gasteiger partial charge in [-0.3, -0.25) is 9.59 Å². The molecule has 8 heteroatoms. The molecule has 1 amide bonds. The Morgan fingerprint density at radius 1 is 1.22 bits per heavy atom. The fraction of sp³-hybridized carbons (Fsp3) is 0.368. The number of aliphatic carboxylic acids is 1. The van der Waals surface area contributed by atoms with Gasteiger partial charge in [-0.05, 0) is 36.2 Å². The number of benzene rings is 1. The van der Waals surface area contributed by atoms with E-state index in [1.54, 1.807) is 44.4 Å². The zero-order chi connectivity index (χ0) is 20.0. The minimum atomic E-state index is -1.11. The van der Waals surface area contributed by atoms with Gasteiger partial charge in [0.15, 0.2) is 0 Å². The number of amides is 1. The van der Waals surface area contributed by atoms with Crippen LogP contribution in [0.1, 0.15) is 20.3 Å². The van der Waals surface area contributed by atoms with E-state index in [1.165, 1.54) is 6.07 Å². The third-order valence-corrected chi connectivity index (χ3v) is 4.34. The summed E-state index contributed by atoms with van der Waals surface area (Å²) in [6.45, 7) is 3.23. The third kappa shape index (κ3) is 5.16. The lowest BCUT2D eigenvalue weighted by atomic mass is 9.99. The SMILES string of the molecule is CC[C@@H](C)[C@@H](NC(=O)Cn1nc(-c2ccc(OC)cc2)ccc1=O)C(=O)O. The van der Waals surface area contributed by atoms with Crippen molar-refractivity contribution in [2.45, 2.75) is 32.9 Å². The van der Waals surface area contributed by atoms with Crippen LogP contribution in [0.15, 0.2) is 41.2 Å². The molecule has 0 aliphatic carbocycles. The summed E-state index contributed by atoms with van der Waals surface area (Å²) < 4.78 is 6.13. The molecule has 0 aliphatic heterocycles. The van der Waals surface area contributed by atoms with Crippen LogP contribution in [0.4, 0.5) is 0 Å². The van der Waals surface area contributed by atoms with Gasteiger partial charge in [-0.2, -0.15) is 5.10 Å². The Morgan fingerprint density at radius 2 is 1.89 bits per heavy atom. The highest BCUT2D eigenvalue weighted by atomic mass is 16.5. The molecule has 1 heterocycles. The molecule has 0 spiro atoms. The molecular formula is C19H23N3O5. The lowest BCUT2D eigenvalue weighted by Crippen LogP contribution is -2.47. The molecule has 0 bridgehead atoms. The molecule has 0 unspecified atom stereocenters. The maximum absolute atomic E-state index is 12.2. The Kier molecular flexibility index (Phi) is 6.70. The van der Waals surface area contributed by atoms with Gasteiger partial charge in [0.05, 0.1) is 12.8 Å². The predicted molar refractivity (Wildman–Crippen MR) is 99.5 cm³/mol. The number of hydrogen-bond acceptors (Lipinski definition) is 5. The molecule has 1 aromatic carbocycles. The molecule has 0 saturated carbocycles. The summed E-state index contributed by atoms with van der Waals surface area (Å²) in [6.07, 6.45) is 0.600. The van der Waals surface area contributed by atoms with E-state index in [1.807, 2.05) is 6.92 Å². The van der Waals surface area contributed by atoms with E-state index in [4.69, 9.17) is 4.74 Å². The molecule has 0 radical (unpaired) electrons. The molecule has 0 fully saturated rings. The Balaban J connectivity index is 2.19. The Morgan fingerprint density at radius 3 is 2.44 bits per heavy atom. The van der Waals surface area contributed by atoms with Crippen LogP contribution in [0, 0.1) is 5.92 Å². The molecule has 27 heavy (non-hydrogen) atoms. The molecule has 0 saturated heterocycles. The standard InChI is InChI=1S/C19H23N3O5/c1-4-12(2)18(19(25)26)20-16(23)11-22-17(24)10-9-15(21-22)13-5-7-14(27-3)8-6-13/h5-10,12,18H,4,11H2,1-3H3,(H,20,23)(H,25,26)/t12-,18-/m1/s1. The van der Waals surface area contributed by atoms with Gasteiger partial charge in [-0.25, -0.2) is 9.48 Å². The summed E-state index contributed by atoms with van der Waals surface area (Å²) in [4.78, 5) is 35.6. The highest BCUT2D eigenvalue weighted by Crippen LogP contribution is 2.19. The van der Waals surface area contributed by atoms with Crippen LogP contribution in [0.2, 0.25) is 0 Å². The van der Waals surface area contributed by atoms with Crippen molar-refractivity contribution in [3.05, 3.63) is 46.8 Å². The monoisotopic (exact) mass is 373 g/mol. The Labute approximate surface area is 156 Å². The maximum Gasteiger partial charge on any atom is 0.326 e. The number of carboxylic acids is 1. The second-order valence-electron chi connectivity index (χ2n) is 6.21. The summed E-state index contributed by atoms with van der Waals surface area (Å²) >= 11 is 0. The van der Waals surface area contributed by atoms with Crippen LogP contribution in [0.3, 0.4) is 0 Å². The molecule has 8 nitrogen and oxygen atoms in total. The molecule has 2 rings (SSSR count). The lowest BCUT2D eigenvalue weighted by Gasteiger charge is -2.20. The number of rotatable bonds is 8. The molecule has 2 N–H and O–H groups in total. The third-order valence-electron chi connectivity index (χ3n) is 4.34. The van der Waals surface area contributed by atoms with E-state index < -0.39 is 23.5 Å². The van der Waals surface area contributed by atoms with E-state index in [0.717, 1.165) is 10.2 Å². The van der Waals surface area contributed by atoms with Crippen molar-refractivity contribution < 1.29 is 19.4 Å². The number of carbonyl (C=O) groups excluding carboxylic acids is 1. The quantitative estimate of drug-likeness (QED) is 0.726. The van der Waals surface area contributed by atoms with Gasteiger partial charge in [0.2, 0.25) is 5.91 Å². The van der Waals surface area contributed by atoms with Crippen molar-refractivity contribution in [1.82, 2.24) is 15.1 Å². The summed E-state index contributed by atoms with van der Waals surface area (Å²) in [5.41, 5.74) is 0.826. The van der Waals surface area contributed by atoms with Crippen molar-refractivity contribution in [3.63, 3.8) is 0 Å². The zero-order valence-corrected chi connectivity index (χ0v) is 15.5. The summed E-state index contributed by atoms with van der Waals surface area (Å²) in [5.74, 6) is -1.23. The first-order valence-corrected chi connectivity index (χ1v) is 8.60. The molecule has 2 aromatic rings. The number of nitrogens with zero attached hydrogens (tertiary/aromatic N) is 2. The van der Waals surface area contributed by atoms with Crippen molar-refractivity contribution in [2.24, 2.45) is 5.92 Å². The number of hydrogen-bond donors (Lipinski definition) is 2. The van der Waals surface area contributed by atoms with Gasteiger partial charge in [-0.1, -0.05) is 20.3 Å². The first-order valence-electron chi connectivity index (χ1n) is 8.60. The smallest absolute Gasteiger partial charge is 0.326 e. The van der Waals surface area contributed by atoms with Gasteiger partial charge < -0.3 is 15.2 Å². The van der Waals surface area contributed by atoms with Crippen LogP contribution in [-0.4, -0.2) is 39.9 Å². The first kappa shape index (κ1) is 20.2. The van der Waals surface area contributed by atoms with E-state index in [2.05, 4.69) is 10.4 Å². The largest absolute Gasteiger partial charge is 0.497 e. The second kappa shape index (κ2) is 8.98. The fourth-order valence-electron chi connectivity index (χ4n) is 2.52. The van der Waals surface area contributed by atoms with Crippen molar-refractivity contribution in [3.8, 4) is 17.0 Å². The Bertz CT molecular complexity index is 860. The average Bonchev–Trinajstić information content (AvgIpc) is 2.67. The summed E-state index contributed by atoms with van der Waals surface area (Å²) in [6, 6.07) is 8.99. The van der Waals surface area contributed by atoms with Crippen LogP contribution >= 0.6 is 0 Å². The number of carboxylic acid groups (broad SMARTS) is 1. The van der Waals surface area contributed by atoms with Crippen molar-refractivity contribution in [2.75, 3.05) is 7.11 Å². The van der Waals surface area contributed by atoms with E-state index in [9.17, 15) is 19.5 Å². The van der Waals surface area contributed by atoms with Gasteiger partial charge >= 0.3 is 5.97 Å². The minimum Gasteiger partial charge on any atom is -0.497 e. The first-order chi connectivity index (χ1) is 12.8. The molecule has 0 aliphatic rings. The number of methoxy groups -OCH3 is 1. The van der Waals surface area contributed by atoms with Crippen LogP contribution in [-0.2, 0) is 16.1 Å². The minimum absolute atomic E-state index is 0.234. The fourth-order valence-corrected chi connectivity index (χ4v) is 2.52. The van der Waals surface area contributed by atoms with Crippen LogP contribution in [0.25, 0.3) is 11.3 Å². The second-order valence-corrected chi connectivity index (χ2v) is 6.21. The van der Waals surface area contributed by atoms with E-state index >= 15 is 0 Å². The van der Waals surface area contributed by atoms with Crippen molar-refractivity contribution in [1.29, 1.82) is 0 Å². The number of nitrogens with one attached hydrogen (secondary N) is 1. The van der Waals surface area contributed by atoms with Crippen LogP contribution in [0.5, 0.6) is 5.75 Å². The molecular weight excluding hydrogens is 350 g/mol. The predicted octanol–water partition coefficient (Wildman–Crippen LogP) is 1.53. The number of carbonyl (C=O) groups is 2. The van der Waals surface area contributed by atoms with Gasteiger partial charge in [0, 0.05) is 11.6 Å². The number of aromatic nitrogens is 2. The summed E-state index contributed by atoms with van der Waals surface area (Å²) in [7, 11) is 1.57. The van der Waals surface area contributed by atoms with Gasteiger partial charge in [0.25, 0.3) is 5.56 Å². The topological polar surface area (TPSA) is 111 Å². The highest BCUT2D eigenvalue weighted by Gasteiger charge is 2.25. The molecule has 144 valence electrons. The van der Waals surface area contributed by atoms with E-state index in [-0.39, 0.29) is 12.5 Å². The average molecular weight is 373 g/mol. The molecule has 1 aromatic heterocycles. The molecule has 2 atom stereocenters. The lowest BCUT2D eigenvalue weighted by molar-refractivity contribution is -0.143.